The van der Waals surface area contributed by atoms with Crippen LogP contribution in [0.3, 0.4) is 0 Å². The molecule has 72 valence electrons. The number of nitrogen functional groups attached to an aromatic ring is 1. The van der Waals surface area contributed by atoms with Crippen molar-refractivity contribution < 1.29 is 4.52 Å². The summed E-state index contributed by atoms with van der Waals surface area (Å²) in [5.41, 5.74) is 6.82. The van der Waals surface area contributed by atoms with Gasteiger partial charge >= 0.3 is 0 Å². The number of nitrogens with two attached hydrogens (primary N) is 1. The van der Waals surface area contributed by atoms with Crippen molar-refractivity contribution in [3.05, 3.63) is 11.3 Å². The standard InChI is InChI=1S/C9H15N3O/c1-3-7-8-6(4-5-12(7)2)9(10)11-13-8/h7H,3-5H2,1-2H3,(H2,10,11). The minimum atomic E-state index is 0.355. The lowest BCUT2D eigenvalue weighted by Crippen LogP contribution is -2.31. The third-order valence-electron chi connectivity index (χ3n) is 2.78. The second-order valence-electron chi connectivity index (χ2n) is 3.57. The number of hydrogen-bond acceptors (Lipinski definition) is 4. The normalized spacial score (nSPS) is 23.1. The van der Waals surface area contributed by atoms with Gasteiger partial charge in [0.1, 0.15) is 0 Å². The second kappa shape index (κ2) is 3.03. The lowest BCUT2D eigenvalue weighted by molar-refractivity contribution is 0.182. The zero-order chi connectivity index (χ0) is 9.42. The summed E-state index contributed by atoms with van der Waals surface area (Å²) in [6.45, 7) is 3.19. The van der Waals surface area contributed by atoms with Crippen molar-refractivity contribution in [2.24, 2.45) is 0 Å². The zero-order valence-electron chi connectivity index (χ0n) is 8.08. The summed E-state index contributed by atoms with van der Waals surface area (Å²) in [6, 6.07) is 0.355. The van der Waals surface area contributed by atoms with Crippen LogP contribution in [0.15, 0.2) is 4.52 Å². The molecule has 0 aliphatic carbocycles. The average Bonchev–Trinajstić information content (AvgIpc) is 2.48. The molecule has 1 unspecified atom stereocenters. The van der Waals surface area contributed by atoms with E-state index in [0.717, 1.165) is 30.7 Å². The molecule has 0 spiro atoms. The molecule has 0 bridgehead atoms. The van der Waals surface area contributed by atoms with Gasteiger partial charge in [-0.3, -0.25) is 4.90 Å². The van der Waals surface area contributed by atoms with Crippen molar-refractivity contribution in [2.45, 2.75) is 25.8 Å². The van der Waals surface area contributed by atoms with Crippen LogP contribution in [0.4, 0.5) is 5.82 Å². The SMILES string of the molecule is CCC1c2onc(N)c2CCN1C. The molecule has 13 heavy (non-hydrogen) atoms. The maximum absolute atomic E-state index is 5.70. The molecule has 1 aromatic heterocycles. The van der Waals surface area contributed by atoms with E-state index in [4.69, 9.17) is 10.3 Å². The van der Waals surface area contributed by atoms with Crippen LogP contribution in [-0.4, -0.2) is 23.6 Å². The Kier molecular flexibility index (Phi) is 2.00. The molecule has 0 saturated heterocycles. The molecule has 0 amide bonds. The first-order chi connectivity index (χ1) is 6.24. The van der Waals surface area contributed by atoms with Crippen LogP contribution in [-0.2, 0) is 6.42 Å². The first-order valence-corrected chi connectivity index (χ1v) is 4.68. The highest BCUT2D eigenvalue weighted by Gasteiger charge is 2.29. The molecule has 0 fully saturated rings. The van der Waals surface area contributed by atoms with Crippen LogP contribution in [0, 0.1) is 0 Å². The van der Waals surface area contributed by atoms with E-state index in [2.05, 4.69) is 24.0 Å². The predicted octanol–water partition coefficient (Wildman–Crippen LogP) is 1.20. The third kappa shape index (κ3) is 1.21. The molecule has 2 rings (SSSR count). The zero-order valence-corrected chi connectivity index (χ0v) is 8.08. The van der Waals surface area contributed by atoms with Gasteiger partial charge in [-0.15, -0.1) is 0 Å². The lowest BCUT2D eigenvalue weighted by Gasteiger charge is -2.29. The average molecular weight is 181 g/mol. The number of rotatable bonds is 1. The van der Waals surface area contributed by atoms with E-state index >= 15 is 0 Å². The van der Waals surface area contributed by atoms with Crippen molar-refractivity contribution >= 4 is 5.82 Å². The Labute approximate surface area is 77.7 Å². The highest BCUT2D eigenvalue weighted by molar-refractivity contribution is 5.42. The van der Waals surface area contributed by atoms with E-state index in [0.29, 0.717) is 11.9 Å². The maximum Gasteiger partial charge on any atom is 0.170 e. The van der Waals surface area contributed by atoms with E-state index in [9.17, 15) is 0 Å². The van der Waals surface area contributed by atoms with Crippen LogP contribution >= 0.6 is 0 Å². The van der Waals surface area contributed by atoms with Crippen LogP contribution in [0.1, 0.15) is 30.7 Å². The molecule has 0 saturated carbocycles. The summed E-state index contributed by atoms with van der Waals surface area (Å²) in [5.74, 6) is 1.54. The Morgan fingerprint density at radius 2 is 2.46 bits per heavy atom. The van der Waals surface area contributed by atoms with E-state index in [1.165, 1.54) is 0 Å². The van der Waals surface area contributed by atoms with Crippen LogP contribution in [0.5, 0.6) is 0 Å². The molecular formula is C9H15N3O. The second-order valence-corrected chi connectivity index (χ2v) is 3.57. The Hall–Kier alpha value is -1.03. The molecule has 0 radical (unpaired) electrons. The molecular weight excluding hydrogens is 166 g/mol. The number of anilines is 1. The van der Waals surface area contributed by atoms with E-state index in [-0.39, 0.29) is 0 Å². The van der Waals surface area contributed by atoms with Crippen molar-refractivity contribution in [1.82, 2.24) is 10.1 Å². The van der Waals surface area contributed by atoms with Crippen molar-refractivity contribution in [1.29, 1.82) is 0 Å². The van der Waals surface area contributed by atoms with Crippen LogP contribution in [0.2, 0.25) is 0 Å². The fourth-order valence-electron chi connectivity index (χ4n) is 1.99. The summed E-state index contributed by atoms with van der Waals surface area (Å²) in [5, 5.41) is 3.81. The Bertz CT molecular complexity index is 308. The molecule has 2 heterocycles. The topological polar surface area (TPSA) is 55.3 Å². The number of likely N-dealkylation sites (N-methyl/N-ethyl adjacent to an activating group) is 1. The summed E-state index contributed by atoms with van der Waals surface area (Å²) in [7, 11) is 2.11. The summed E-state index contributed by atoms with van der Waals surface area (Å²) >= 11 is 0. The maximum atomic E-state index is 5.70. The highest BCUT2D eigenvalue weighted by atomic mass is 16.5. The molecule has 1 aliphatic heterocycles. The largest absolute Gasteiger partial charge is 0.381 e. The van der Waals surface area contributed by atoms with E-state index in [1.807, 2.05) is 0 Å². The molecule has 4 nitrogen and oxygen atoms in total. The van der Waals surface area contributed by atoms with Gasteiger partial charge in [-0.2, -0.15) is 0 Å². The predicted molar refractivity (Wildman–Crippen MR) is 50.3 cm³/mol. The summed E-state index contributed by atoms with van der Waals surface area (Å²) in [4.78, 5) is 2.28. The minimum Gasteiger partial charge on any atom is -0.381 e. The number of fused-ring (bicyclic) bond motifs is 1. The smallest absolute Gasteiger partial charge is 0.170 e. The Morgan fingerprint density at radius 3 is 3.15 bits per heavy atom. The van der Waals surface area contributed by atoms with Crippen LogP contribution < -0.4 is 5.73 Å². The van der Waals surface area contributed by atoms with Crippen molar-refractivity contribution in [3.8, 4) is 0 Å². The molecule has 4 heteroatoms. The number of hydrogen-bond donors (Lipinski definition) is 1. The summed E-state index contributed by atoms with van der Waals surface area (Å²) in [6.07, 6.45) is 2.00. The number of nitrogens with zero attached hydrogens (tertiary/aromatic N) is 2. The van der Waals surface area contributed by atoms with Gasteiger partial charge < -0.3 is 10.3 Å². The first kappa shape index (κ1) is 8.56. The van der Waals surface area contributed by atoms with Gasteiger partial charge in [-0.25, -0.2) is 0 Å². The van der Waals surface area contributed by atoms with Gasteiger partial charge in [0.15, 0.2) is 11.6 Å². The summed E-state index contributed by atoms with van der Waals surface area (Å²) < 4.78 is 5.24. The molecule has 1 atom stereocenters. The number of aromatic nitrogens is 1. The first-order valence-electron chi connectivity index (χ1n) is 4.68. The van der Waals surface area contributed by atoms with Crippen molar-refractivity contribution in [2.75, 3.05) is 19.3 Å². The highest BCUT2D eigenvalue weighted by Crippen LogP contribution is 2.33. The van der Waals surface area contributed by atoms with Gasteiger partial charge in [0.25, 0.3) is 0 Å². The monoisotopic (exact) mass is 181 g/mol. The fourth-order valence-corrected chi connectivity index (χ4v) is 1.99. The van der Waals surface area contributed by atoms with Crippen LogP contribution in [0.25, 0.3) is 0 Å². The molecule has 1 aliphatic rings. The van der Waals surface area contributed by atoms with E-state index < -0.39 is 0 Å². The van der Waals surface area contributed by atoms with Gasteiger partial charge in [-0.1, -0.05) is 12.1 Å². The molecule has 1 aromatic rings. The Morgan fingerprint density at radius 1 is 1.69 bits per heavy atom. The third-order valence-corrected chi connectivity index (χ3v) is 2.78. The fraction of sp³-hybridized carbons (Fsp3) is 0.667. The van der Waals surface area contributed by atoms with Gasteiger partial charge in [-0.05, 0) is 19.9 Å². The van der Waals surface area contributed by atoms with Gasteiger partial charge in [0.05, 0.1) is 6.04 Å². The van der Waals surface area contributed by atoms with Gasteiger partial charge in [0, 0.05) is 12.1 Å². The lowest BCUT2D eigenvalue weighted by atomic mass is 9.99. The molecule has 0 aromatic carbocycles. The van der Waals surface area contributed by atoms with Gasteiger partial charge in [0.2, 0.25) is 0 Å². The quantitative estimate of drug-likeness (QED) is 0.707. The molecule has 2 N–H and O–H groups in total. The Balaban J connectivity index is 2.40. The van der Waals surface area contributed by atoms with Crippen molar-refractivity contribution in [3.63, 3.8) is 0 Å². The van der Waals surface area contributed by atoms with E-state index in [1.54, 1.807) is 0 Å². The minimum absolute atomic E-state index is 0.355.